The fraction of sp³-hybridized carbons (Fsp3) is 0.441. The molecular formula is C34H36ClFN8O4S. The third kappa shape index (κ3) is 5.88. The molecule has 4 aromatic rings. The minimum absolute atomic E-state index is 0.0324. The number of carbonyl (C=O) groups is 2. The van der Waals surface area contributed by atoms with Gasteiger partial charge in [0.2, 0.25) is 0 Å². The summed E-state index contributed by atoms with van der Waals surface area (Å²) in [5.74, 6) is 0.216. The molecule has 256 valence electrons. The van der Waals surface area contributed by atoms with E-state index in [0.717, 1.165) is 4.70 Å². The van der Waals surface area contributed by atoms with Crippen LogP contribution < -0.4 is 10.5 Å². The molecule has 2 saturated heterocycles. The number of amides is 2. The number of aromatic nitrogens is 3. The van der Waals surface area contributed by atoms with E-state index in [2.05, 4.69) is 21.1 Å². The molecule has 3 aliphatic heterocycles. The summed E-state index contributed by atoms with van der Waals surface area (Å²) in [6.45, 7) is 9.08. The molecule has 0 saturated carbocycles. The number of benzene rings is 2. The van der Waals surface area contributed by atoms with E-state index >= 15 is 4.39 Å². The summed E-state index contributed by atoms with van der Waals surface area (Å²) >= 11 is 8.12. The van der Waals surface area contributed by atoms with Crippen molar-refractivity contribution in [3.05, 3.63) is 57.9 Å². The highest BCUT2D eigenvalue weighted by atomic mass is 35.5. The zero-order valence-electron chi connectivity index (χ0n) is 27.5. The topological polar surface area (TPSA) is 143 Å². The summed E-state index contributed by atoms with van der Waals surface area (Å²) in [5, 5.41) is 15.0. The molecule has 0 radical (unpaired) electrons. The molecule has 2 amide bonds. The number of thiophene rings is 1. The number of carbonyl (C=O) groups excluding carboxylic acids is 2. The second-order valence-electron chi connectivity index (χ2n) is 13.1. The fourth-order valence-corrected chi connectivity index (χ4v) is 8.39. The number of fused-ring (bicyclic) bond motifs is 2. The van der Waals surface area contributed by atoms with Crippen molar-refractivity contribution >= 4 is 50.0 Å². The number of nitriles is 1. The zero-order valence-corrected chi connectivity index (χ0v) is 29.0. The summed E-state index contributed by atoms with van der Waals surface area (Å²) in [6.07, 6.45) is 1.22. The standard InChI is InChI=1S/C34H36ClFN8O4S/c1-19(2)31-39-20(3)40-44(31)33(46)42-11-13-48-34(17-42)8-10-41(16-34)18-43-9-5-12-47-29-22(32(43)45)14-24(36)27(28(29)35)21-6-4-7-25-26(21)23(15-37)30(38)49-25/h4,6-7,14,19H,5,8-13,16-18,38H2,1-3H3. The van der Waals surface area contributed by atoms with E-state index in [4.69, 9.17) is 26.8 Å². The number of nitrogen functional groups attached to an aromatic ring is 1. The minimum atomic E-state index is -0.703. The molecule has 7 rings (SSSR count). The Morgan fingerprint density at radius 2 is 2.04 bits per heavy atom. The van der Waals surface area contributed by atoms with E-state index in [9.17, 15) is 14.9 Å². The molecule has 3 aliphatic rings. The molecular weight excluding hydrogens is 671 g/mol. The number of halogens is 2. The average molecular weight is 707 g/mol. The van der Waals surface area contributed by atoms with Gasteiger partial charge in [0.15, 0.2) is 5.75 Å². The molecule has 5 heterocycles. The van der Waals surface area contributed by atoms with Gasteiger partial charge < -0.3 is 25.0 Å². The maximum Gasteiger partial charge on any atom is 0.346 e. The SMILES string of the molecule is Cc1nc(C(C)C)n(C(=O)N2CCOC3(CCN(CN4CCCOc5c(cc(F)c(-c6cccc7sc(N)c(C#N)c67)c5Cl)C4=O)C3)C2)n1. The first-order valence-electron chi connectivity index (χ1n) is 16.2. The van der Waals surface area contributed by atoms with Crippen molar-refractivity contribution in [2.45, 2.75) is 45.1 Å². The van der Waals surface area contributed by atoms with Crippen LogP contribution >= 0.6 is 22.9 Å². The minimum Gasteiger partial charge on any atom is -0.491 e. The van der Waals surface area contributed by atoms with E-state index in [-0.39, 0.29) is 52.7 Å². The molecule has 1 spiro atoms. The predicted octanol–water partition coefficient (Wildman–Crippen LogP) is 5.47. The van der Waals surface area contributed by atoms with Gasteiger partial charge in [0.25, 0.3) is 5.91 Å². The number of morpholine rings is 1. The third-order valence-corrected chi connectivity index (χ3v) is 10.7. The molecule has 2 N–H and O–H groups in total. The molecule has 15 heteroatoms. The van der Waals surface area contributed by atoms with Gasteiger partial charge >= 0.3 is 6.03 Å². The van der Waals surface area contributed by atoms with Crippen LogP contribution in [0.3, 0.4) is 0 Å². The van der Waals surface area contributed by atoms with Gasteiger partial charge in [-0.2, -0.15) is 9.94 Å². The number of rotatable bonds is 4. The van der Waals surface area contributed by atoms with Gasteiger partial charge in [0, 0.05) is 47.7 Å². The molecule has 1 unspecified atom stereocenters. The van der Waals surface area contributed by atoms with Crippen molar-refractivity contribution in [2.24, 2.45) is 0 Å². The largest absolute Gasteiger partial charge is 0.491 e. The van der Waals surface area contributed by atoms with Crippen molar-refractivity contribution in [3.63, 3.8) is 0 Å². The van der Waals surface area contributed by atoms with Gasteiger partial charge in [-0.25, -0.2) is 14.2 Å². The highest BCUT2D eigenvalue weighted by Crippen LogP contribution is 2.46. The van der Waals surface area contributed by atoms with Gasteiger partial charge in [-0.15, -0.1) is 16.4 Å². The number of nitrogens with zero attached hydrogens (tertiary/aromatic N) is 7. The number of likely N-dealkylation sites (tertiary alicyclic amines) is 1. The lowest BCUT2D eigenvalue weighted by Gasteiger charge is -2.40. The molecule has 2 aromatic carbocycles. The van der Waals surface area contributed by atoms with Crippen LogP contribution in [0.1, 0.15) is 60.2 Å². The third-order valence-electron chi connectivity index (χ3n) is 9.35. The van der Waals surface area contributed by atoms with Crippen molar-refractivity contribution in [3.8, 4) is 22.9 Å². The van der Waals surface area contributed by atoms with Crippen LogP contribution in [0.25, 0.3) is 21.2 Å². The van der Waals surface area contributed by atoms with Crippen LogP contribution in [0.15, 0.2) is 24.3 Å². The van der Waals surface area contributed by atoms with Crippen molar-refractivity contribution in [1.82, 2.24) is 29.5 Å². The van der Waals surface area contributed by atoms with Crippen molar-refractivity contribution in [1.29, 1.82) is 5.26 Å². The number of aryl methyl sites for hydroxylation is 1. The molecule has 0 bridgehead atoms. The first-order chi connectivity index (χ1) is 23.5. The van der Waals surface area contributed by atoms with E-state index in [1.54, 1.807) is 28.9 Å². The maximum absolute atomic E-state index is 16.1. The first kappa shape index (κ1) is 33.2. The summed E-state index contributed by atoms with van der Waals surface area (Å²) in [7, 11) is 0. The molecule has 1 atom stereocenters. The molecule has 2 fully saturated rings. The van der Waals surface area contributed by atoms with Crippen molar-refractivity contribution < 1.29 is 23.5 Å². The number of hydrogen-bond acceptors (Lipinski definition) is 10. The quantitative estimate of drug-likeness (QED) is 0.293. The summed E-state index contributed by atoms with van der Waals surface area (Å²) in [5.41, 5.74) is 6.26. The smallest absolute Gasteiger partial charge is 0.346 e. The van der Waals surface area contributed by atoms with Crippen LogP contribution in [0.4, 0.5) is 14.2 Å². The second kappa shape index (κ2) is 12.9. The van der Waals surface area contributed by atoms with Gasteiger partial charge in [0.1, 0.15) is 28.5 Å². The van der Waals surface area contributed by atoms with Gasteiger partial charge in [0.05, 0.1) is 48.2 Å². The fourth-order valence-electron chi connectivity index (χ4n) is 7.09. The van der Waals surface area contributed by atoms with Crippen molar-refractivity contribution in [2.75, 3.05) is 58.3 Å². The molecule has 12 nitrogen and oxygen atoms in total. The lowest BCUT2D eigenvalue weighted by molar-refractivity contribution is -0.0907. The van der Waals surface area contributed by atoms with Gasteiger partial charge in [-0.3, -0.25) is 9.69 Å². The van der Waals surface area contributed by atoms with E-state index in [1.807, 2.05) is 19.9 Å². The summed E-state index contributed by atoms with van der Waals surface area (Å²) < 4.78 is 30.5. The van der Waals surface area contributed by atoms with Crippen LogP contribution in [0.5, 0.6) is 5.75 Å². The van der Waals surface area contributed by atoms with E-state index < -0.39 is 17.3 Å². The zero-order chi connectivity index (χ0) is 34.6. The van der Waals surface area contributed by atoms with Gasteiger partial charge in [-0.1, -0.05) is 37.6 Å². The molecule has 49 heavy (non-hydrogen) atoms. The summed E-state index contributed by atoms with van der Waals surface area (Å²) in [4.78, 5) is 37.6. The number of nitrogens with two attached hydrogens (primary N) is 1. The first-order valence-corrected chi connectivity index (χ1v) is 17.4. The normalized spacial score (nSPS) is 20.1. The van der Waals surface area contributed by atoms with Gasteiger partial charge in [-0.05, 0) is 37.5 Å². The Labute approximate surface area is 291 Å². The van der Waals surface area contributed by atoms with E-state index in [0.29, 0.717) is 79.8 Å². The highest BCUT2D eigenvalue weighted by molar-refractivity contribution is 7.23. The second-order valence-corrected chi connectivity index (χ2v) is 14.6. The molecule has 2 aromatic heterocycles. The monoisotopic (exact) mass is 706 g/mol. The lowest BCUT2D eigenvalue weighted by Crippen LogP contribution is -2.56. The molecule has 0 aliphatic carbocycles. The maximum atomic E-state index is 16.1. The highest BCUT2D eigenvalue weighted by Gasteiger charge is 2.45. The number of hydrogen-bond donors (Lipinski definition) is 1. The Bertz CT molecular complexity index is 2020. The van der Waals surface area contributed by atoms with Crippen LogP contribution in [-0.2, 0) is 4.74 Å². The Kier molecular flexibility index (Phi) is 8.72. The Morgan fingerprint density at radius 3 is 2.82 bits per heavy atom. The predicted molar refractivity (Wildman–Crippen MR) is 183 cm³/mol. The van der Waals surface area contributed by atoms with E-state index in [1.165, 1.54) is 22.1 Å². The Morgan fingerprint density at radius 1 is 1.22 bits per heavy atom. The number of anilines is 1. The Hall–Kier alpha value is -4.29. The van der Waals surface area contributed by atoms with Crippen LogP contribution in [0.2, 0.25) is 5.02 Å². The number of ether oxygens (including phenoxy) is 2. The Balaban J connectivity index is 1.12. The van der Waals surface area contributed by atoms with Crippen LogP contribution in [0, 0.1) is 24.1 Å². The average Bonchev–Trinajstić information content (AvgIpc) is 3.75. The van der Waals surface area contributed by atoms with Crippen LogP contribution in [-0.4, -0.2) is 99.6 Å². The summed E-state index contributed by atoms with van der Waals surface area (Å²) in [6, 6.07) is 8.33. The lowest BCUT2D eigenvalue weighted by atomic mass is 9.96.